The summed E-state index contributed by atoms with van der Waals surface area (Å²) in [6.07, 6.45) is 1.35. The first-order valence-electron chi connectivity index (χ1n) is 9.66. The summed E-state index contributed by atoms with van der Waals surface area (Å²) in [5.41, 5.74) is 4.65. The van der Waals surface area contributed by atoms with Gasteiger partial charge in [0.2, 0.25) is 0 Å². The van der Waals surface area contributed by atoms with Crippen LogP contribution in [0.5, 0.6) is 5.75 Å². The molecule has 32 heavy (non-hydrogen) atoms. The molecule has 3 rings (SSSR count). The lowest BCUT2D eigenvalue weighted by atomic mass is 10.1. The number of para-hydroxylation sites is 1. The van der Waals surface area contributed by atoms with Crippen molar-refractivity contribution in [2.75, 3.05) is 6.54 Å². The summed E-state index contributed by atoms with van der Waals surface area (Å²) in [6.45, 7) is 1.68. The maximum absolute atomic E-state index is 12.3. The van der Waals surface area contributed by atoms with Crippen LogP contribution in [0.25, 0.3) is 0 Å². The third-order valence-corrected chi connectivity index (χ3v) is 4.57. The summed E-state index contributed by atoms with van der Waals surface area (Å²) < 4.78 is 5.42. The molecule has 0 bridgehead atoms. The molecule has 3 aromatic carbocycles. The molecule has 162 valence electrons. The highest BCUT2D eigenvalue weighted by Gasteiger charge is 2.11. The van der Waals surface area contributed by atoms with Crippen molar-refractivity contribution < 1.29 is 19.1 Å². The van der Waals surface area contributed by atoms with Gasteiger partial charge in [-0.25, -0.2) is 10.2 Å². The van der Waals surface area contributed by atoms with E-state index >= 15 is 0 Å². The molecule has 0 saturated heterocycles. The smallest absolute Gasteiger partial charge is 0.343 e. The number of benzene rings is 3. The van der Waals surface area contributed by atoms with Crippen molar-refractivity contribution >= 4 is 35.6 Å². The molecule has 2 N–H and O–H groups in total. The van der Waals surface area contributed by atoms with Gasteiger partial charge in [-0.3, -0.25) is 9.59 Å². The molecule has 0 saturated carbocycles. The standard InChI is InChI=1S/C24H20ClN3O4/c1-16-6-8-17(9-7-16)23(30)26-15-22(29)28-27-14-19-4-2-3-5-21(19)32-24(31)18-10-12-20(25)13-11-18/h2-14H,15H2,1H3,(H,26,30)(H,28,29)/b27-14+. The number of carbonyl (C=O) groups excluding carboxylic acids is 3. The SMILES string of the molecule is Cc1ccc(C(=O)NCC(=O)N/N=C/c2ccccc2OC(=O)c2ccc(Cl)cc2)cc1. The van der Waals surface area contributed by atoms with E-state index in [0.29, 0.717) is 21.7 Å². The first kappa shape index (κ1) is 22.7. The number of esters is 1. The fraction of sp³-hybridized carbons (Fsp3) is 0.0833. The molecule has 0 atom stereocenters. The van der Waals surface area contributed by atoms with Crippen molar-refractivity contribution in [3.05, 3.63) is 100 Å². The van der Waals surface area contributed by atoms with Crippen molar-refractivity contribution in [3.8, 4) is 5.75 Å². The summed E-state index contributed by atoms with van der Waals surface area (Å²) in [5, 5.41) is 6.91. The zero-order valence-electron chi connectivity index (χ0n) is 17.2. The molecule has 2 amide bonds. The van der Waals surface area contributed by atoms with Crippen LogP contribution in [0.4, 0.5) is 0 Å². The number of ether oxygens (including phenoxy) is 1. The third kappa shape index (κ3) is 6.52. The van der Waals surface area contributed by atoms with Crippen molar-refractivity contribution in [1.29, 1.82) is 0 Å². The van der Waals surface area contributed by atoms with Crippen LogP contribution < -0.4 is 15.5 Å². The zero-order valence-corrected chi connectivity index (χ0v) is 17.9. The average molecular weight is 450 g/mol. The number of rotatable bonds is 7. The van der Waals surface area contributed by atoms with E-state index < -0.39 is 11.9 Å². The topological polar surface area (TPSA) is 96.9 Å². The number of amides is 2. The van der Waals surface area contributed by atoms with Gasteiger partial charge in [0.25, 0.3) is 11.8 Å². The van der Waals surface area contributed by atoms with Crippen LogP contribution in [0.3, 0.4) is 0 Å². The number of carbonyl (C=O) groups is 3. The van der Waals surface area contributed by atoms with Gasteiger partial charge >= 0.3 is 5.97 Å². The van der Waals surface area contributed by atoms with Crippen molar-refractivity contribution in [2.45, 2.75) is 6.92 Å². The van der Waals surface area contributed by atoms with Gasteiger partial charge in [-0.05, 0) is 55.5 Å². The average Bonchev–Trinajstić information content (AvgIpc) is 2.79. The number of nitrogens with one attached hydrogen (secondary N) is 2. The van der Waals surface area contributed by atoms with Crippen molar-refractivity contribution in [1.82, 2.24) is 10.7 Å². The van der Waals surface area contributed by atoms with E-state index in [2.05, 4.69) is 15.8 Å². The number of hydrogen-bond donors (Lipinski definition) is 2. The van der Waals surface area contributed by atoms with E-state index in [1.54, 1.807) is 60.7 Å². The molecule has 3 aromatic rings. The molecular weight excluding hydrogens is 430 g/mol. The monoisotopic (exact) mass is 449 g/mol. The first-order chi connectivity index (χ1) is 15.4. The van der Waals surface area contributed by atoms with Crippen LogP contribution >= 0.6 is 11.6 Å². The molecule has 0 spiro atoms. The van der Waals surface area contributed by atoms with Crippen molar-refractivity contribution in [2.24, 2.45) is 5.10 Å². The molecule has 0 heterocycles. The number of hydrogen-bond acceptors (Lipinski definition) is 5. The molecule has 0 unspecified atom stereocenters. The molecule has 0 aliphatic rings. The van der Waals surface area contributed by atoms with Crippen LogP contribution in [0.1, 0.15) is 31.8 Å². The quantitative estimate of drug-likeness (QED) is 0.248. The highest BCUT2D eigenvalue weighted by molar-refractivity contribution is 6.30. The second kappa shape index (κ2) is 10.9. The Morgan fingerprint density at radius 1 is 0.938 bits per heavy atom. The lowest BCUT2D eigenvalue weighted by molar-refractivity contribution is -0.120. The lowest BCUT2D eigenvalue weighted by Crippen LogP contribution is -2.34. The predicted molar refractivity (Wildman–Crippen MR) is 122 cm³/mol. The van der Waals surface area contributed by atoms with E-state index in [1.807, 2.05) is 19.1 Å². The van der Waals surface area contributed by atoms with Gasteiger partial charge in [-0.1, -0.05) is 41.4 Å². The fourth-order valence-electron chi connectivity index (χ4n) is 2.61. The highest BCUT2D eigenvalue weighted by Crippen LogP contribution is 2.18. The fourth-order valence-corrected chi connectivity index (χ4v) is 2.73. The van der Waals surface area contributed by atoms with Gasteiger partial charge in [0.15, 0.2) is 0 Å². The maximum Gasteiger partial charge on any atom is 0.343 e. The van der Waals surface area contributed by atoms with Crippen LogP contribution in [0.2, 0.25) is 5.02 Å². The van der Waals surface area contributed by atoms with Crippen molar-refractivity contribution in [3.63, 3.8) is 0 Å². The van der Waals surface area contributed by atoms with E-state index in [9.17, 15) is 14.4 Å². The van der Waals surface area contributed by atoms with E-state index in [4.69, 9.17) is 16.3 Å². The van der Waals surface area contributed by atoms with E-state index in [1.165, 1.54) is 6.21 Å². The highest BCUT2D eigenvalue weighted by atomic mass is 35.5. The Morgan fingerprint density at radius 2 is 1.59 bits per heavy atom. The Hall–Kier alpha value is -3.97. The predicted octanol–water partition coefficient (Wildman–Crippen LogP) is 3.75. The molecule has 8 heteroatoms. The molecule has 7 nitrogen and oxygen atoms in total. The molecular formula is C24H20ClN3O4. The maximum atomic E-state index is 12.3. The molecule has 0 fully saturated rings. The summed E-state index contributed by atoms with van der Waals surface area (Å²) in [6, 6.07) is 20.1. The molecule has 0 aliphatic heterocycles. The van der Waals surface area contributed by atoms with E-state index in [0.717, 1.165) is 5.56 Å². The molecule has 0 aromatic heterocycles. The minimum atomic E-state index is -0.551. The minimum Gasteiger partial charge on any atom is -0.422 e. The zero-order chi connectivity index (χ0) is 22.9. The van der Waals surface area contributed by atoms with Gasteiger partial charge in [-0.15, -0.1) is 0 Å². The Morgan fingerprint density at radius 3 is 2.31 bits per heavy atom. The van der Waals surface area contributed by atoms with E-state index in [-0.39, 0.29) is 18.2 Å². The number of halogens is 1. The lowest BCUT2D eigenvalue weighted by Gasteiger charge is -2.07. The number of aryl methyl sites for hydroxylation is 1. The van der Waals surface area contributed by atoms with Gasteiger partial charge in [0, 0.05) is 16.1 Å². The summed E-state index contributed by atoms with van der Waals surface area (Å²) >= 11 is 5.83. The summed E-state index contributed by atoms with van der Waals surface area (Å²) in [4.78, 5) is 36.3. The Labute approximate surface area is 190 Å². The van der Waals surface area contributed by atoms with Crippen LogP contribution in [0.15, 0.2) is 77.9 Å². The van der Waals surface area contributed by atoms with Crippen LogP contribution in [0, 0.1) is 6.92 Å². The minimum absolute atomic E-state index is 0.239. The normalized spacial score (nSPS) is 10.6. The number of nitrogens with zero attached hydrogens (tertiary/aromatic N) is 1. The summed E-state index contributed by atoms with van der Waals surface area (Å²) in [5.74, 6) is -1.13. The second-order valence-electron chi connectivity index (χ2n) is 6.78. The van der Waals surface area contributed by atoms with Crippen LogP contribution in [-0.2, 0) is 4.79 Å². The molecule has 0 radical (unpaired) electrons. The first-order valence-corrected chi connectivity index (χ1v) is 10.0. The third-order valence-electron chi connectivity index (χ3n) is 4.32. The summed E-state index contributed by atoms with van der Waals surface area (Å²) in [7, 11) is 0. The molecule has 0 aliphatic carbocycles. The Balaban J connectivity index is 1.54. The Bertz CT molecular complexity index is 1140. The van der Waals surface area contributed by atoms with Gasteiger partial charge in [0.05, 0.1) is 18.3 Å². The van der Waals surface area contributed by atoms with Gasteiger partial charge in [-0.2, -0.15) is 5.10 Å². The van der Waals surface area contributed by atoms with Crippen LogP contribution in [-0.4, -0.2) is 30.5 Å². The largest absolute Gasteiger partial charge is 0.422 e. The second-order valence-corrected chi connectivity index (χ2v) is 7.21. The number of hydrazone groups is 1. The Kier molecular flexibility index (Phi) is 7.72. The van der Waals surface area contributed by atoms with Gasteiger partial charge < -0.3 is 10.1 Å². The van der Waals surface area contributed by atoms with Gasteiger partial charge in [0.1, 0.15) is 5.75 Å².